The van der Waals surface area contributed by atoms with E-state index >= 15 is 0 Å². The van der Waals surface area contributed by atoms with Crippen LogP contribution in [-0.4, -0.2) is 54.8 Å². The number of furan rings is 1. The average molecular weight is 339 g/mol. The molecule has 6 heteroatoms. The van der Waals surface area contributed by atoms with Gasteiger partial charge in [-0.2, -0.15) is 0 Å². The summed E-state index contributed by atoms with van der Waals surface area (Å²) in [5.41, 5.74) is 1.28. The molecule has 25 heavy (non-hydrogen) atoms. The Morgan fingerprint density at radius 2 is 1.80 bits per heavy atom. The van der Waals surface area contributed by atoms with Crippen molar-refractivity contribution in [3.8, 4) is 0 Å². The van der Waals surface area contributed by atoms with Gasteiger partial charge in [-0.1, -0.05) is 0 Å². The van der Waals surface area contributed by atoms with E-state index in [1.807, 2.05) is 4.90 Å². The zero-order valence-electron chi connectivity index (χ0n) is 14.1. The number of hydrogen-bond donors (Lipinski definition) is 1. The molecule has 0 unspecified atom stereocenters. The number of carbonyl (C=O) groups excluding carboxylic acids is 2. The van der Waals surface area contributed by atoms with Crippen molar-refractivity contribution in [2.75, 3.05) is 38.5 Å². The standard InChI is InChI=1S/C19H21N3O3/c1-21-10-12-22(13-11-21)19(24)15-4-6-16(7-5-15)20-18(23)9-8-17-3-2-14-25-17/h2-9,14H,10-13H2,1H3,(H,20,23). The first-order chi connectivity index (χ1) is 12.1. The summed E-state index contributed by atoms with van der Waals surface area (Å²) >= 11 is 0. The number of anilines is 1. The predicted molar refractivity (Wildman–Crippen MR) is 96.2 cm³/mol. The molecule has 1 aromatic carbocycles. The molecule has 2 aromatic rings. The Morgan fingerprint density at radius 3 is 2.44 bits per heavy atom. The number of likely N-dealkylation sites (N-methyl/N-ethyl adjacent to an activating group) is 1. The highest BCUT2D eigenvalue weighted by Crippen LogP contribution is 2.13. The second kappa shape index (κ2) is 7.81. The van der Waals surface area contributed by atoms with Crippen molar-refractivity contribution in [2.24, 2.45) is 0 Å². The second-order valence-electron chi connectivity index (χ2n) is 6.01. The van der Waals surface area contributed by atoms with E-state index in [4.69, 9.17) is 4.42 Å². The lowest BCUT2D eigenvalue weighted by Crippen LogP contribution is -2.47. The fourth-order valence-electron chi connectivity index (χ4n) is 2.62. The number of nitrogens with one attached hydrogen (secondary N) is 1. The normalized spacial score (nSPS) is 15.5. The molecule has 6 nitrogen and oxygen atoms in total. The Balaban J connectivity index is 1.56. The quantitative estimate of drug-likeness (QED) is 0.868. The van der Waals surface area contributed by atoms with Gasteiger partial charge >= 0.3 is 0 Å². The Kier molecular flexibility index (Phi) is 5.30. The van der Waals surface area contributed by atoms with Crippen LogP contribution in [-0.2, 0) is 4.79 Å². The van der Waals surface area contributed by atoms with Crippen LogP contribution in [0.25, 0.3) is 6.08 Å². The summed E-state index contributed by atoms with van der Waals surface area (Å²) in [6.45, 7) is 3.26. The molecule has 130 valence electrons. The summed E-state index contributed by atoms with van der Waals surface area (Å²) in [6.07, 6.45) is 4.55. The molecule has 0 radical (unpaired) electrons. The van der Waals surface area contributed by atoms with Gasteiger partial charge in [-0.05, 0) is 49.5 Å². The molecule has 0 atom stereocenters. The zero-order valence-corrected chi connectivity index (χ0v) is 14.1. The second-order valence-corrected chi connectivity index (χ2v) is 6.01. The lowest BCUT2D eigenvalue weighted by Gasteiger charge is -2.32. The van der Waals surface area contributed by atoms with Gasteiger partial charge in [-0.25, -0.2) is 0 Å². The van der Waals surface area contributed by atoms with Crippen LogP contribution in [0.5, 0.6) is 0 Å². The highest BCUT2D eigenvalue weighted by atomic mass is 16.3. The molecule has 2 amide bonds. The summed E-state index contributed by atoms with van der Waals surface area (Å²) in [5.74, 6) is 0.390. The summed E-state index contributed by atoms with van der Waals surface area (Å²) in [5, 5.41) is 2.76. The number of carbonyl (C=O) groups is 2. The van der Waals surface area contributed by atoms with Crippen molar-refractivity contribution in [3.05, 3.63) is 60.1 Å². The van der Waals surface area contributed by atoms with Gasteiger partial charge in [-0.3, -0.25) is 9.59 Å². The maximum absolute atomic E-state index is 12.5. The van der Waals surface area contributed by atoms with E-state index < -0.39 is 0 Å². The zero-order chi connectivity index (χ0) is 17.6. The van der Waals surface area contributed by atoms with Crippen molar-refractivity contribution < 1.29 is 14.0 Å². The van der Waals surface area contributed by atoms with Crippen molar-refractivity contribution in [3.63, 3.8) is 0 Å². The van der Waals surface area contributed by atoms with E-state index in [2.05, 4.69) is 17.3 Å². The Hall–Kier alpha value is -2.86. The van der Waals surface area contributed by atoms with Gasteiger partial charge < -0.3 is 19.5 Å². The lowest BCUT2D eigenvalue weighted by molar-refractivity contribution is -0.111. The smallest absolute Gasteiger partial charge is 0.253 e. The summed E-state index contributed by atoms with van der Waals surface area (Å²) < 4.78 is 5.13. The molecular formula is C19H21N3O3. The molecule has 1 aromatic heterocycles. The molecular weight excluding hydrogens is 318 g/mol. The van der Waals surface area contributed by atoms with Crippen LogP contribution < -0.4 is 5.32 Å². The first-order valence-corrected chi connectivity index (χ1v) is 8.22. The minimum absolute atomic E-state index is 0.0312. The largest absolute Gasteiger partial charge is 0.465 e. The minimum Gasteiger partial charge on any atom is -0.465 e. The van der Waals surface area contributed by atoms with Gasteiger partial charge in [-0.15, -0.1) is 0 Å². The van der Waals surface area contributed by atoms with E-state index in [-0.39, 0.29) is 11.8 Å². The molecule has 0 aliphatic carbocycles. The number of nitrogens with zero attached hydrogens (tertiary/aromatic N) is 2. The first-order valence-electron chi connectivity index (χ1n) is 8.22. The van der Waals surface area contributed by atoms with Crippen molar-refractivity contribution in [1.29, 1.82) is 0 Å². The Labute approximate surface area is 146 Å². The summed E-state index contributed by atoms with van der Waals surface area (Å²) in [7, 11) is 2.06. The van der Waals surface area contributed by atoms with Crippen LogP contribution >= 0.6 is 0 Å². The van der Waals surface area contributed by atoms with E-state index in [0.29, 0.717) is 17.0 Å². The van der Waals surface area contributed by atoms with Crippen LogP contribution in [0.2, 0.25) is 0 Å². The predicted octanol–water partition coefficient (Wildman–Crippen LogP) is 2.32. The fourth-order valence-corrected chi connectivity index (χ4v) is 2.62. The molecule has 1 N–H and O–H groups in total. The maximum atomic E-state index is 12.5. The number of piperazine rings is 1. The molecule has 1 aliphatic rings. The van der Waals surface area contributed by atoms with Gasteiger partial charge in [0.2, 0.25) is 5.91 Å². The molecule has 0 saturated carbocycles. The molecule has 1 fully saturated rings. The third kappa shape index (κ3) is 4.58. The molecule has 1 aliphatic heterocycles. The molecule has 0 bridgehead atoms. The fraction of sp³-hybridized carbons (Fsp3) is 0.263. The van der Waals surface area contributed by atoms with Gasteiger partial charge in [0.15, 0.2) is 0 Å². The molecule has 1 saturated heterocycles. The number of rotatable bonds is 4. The van der Waals surface area contributed by atoms with Crippen LogP contribution in [0.15, 0.2) is 53.2 Å². The Bertz CT molecular complexity index is 743. The van der Waals surface area contributed by atoms with Gasteiger partial charge in [0, 0.05) is 43.5 Å². The third-order valence-electron chi connectivity index (χ3n) is 4.13. The molecule has 2 heterocycles. The Morgan fingerprint density at radius 1 is 1.08 bits per heavy atom. The van der Waals surface area contributed by atoms with Crippen molar-refractivity contribution in [2.45, 2.75) is 0 Å². The highest BCUT2D eigenvalue weighted by Gasteiger charge is 2.20. The van der Waals surface area contributed by atoms with Crippen LogP contribution in [0.4, 0.5) is 5.69 Å². The van der Waals surface area contributed by atoms with E-state index in [0.717, 1.165) is 26.2 Å². The van der Waals surface area contributed by atoms with Crippen LogP contribution in [0.1, 0.15) is 16.1 Å². The number of hydrogen-bond acceptors (Lipinski definition) is 4. The van der Waals surface area contributed by atoms with Crippen molar-refractivity contribution in [1.82, 2.24) is 9.80 Å². The van der Waals surface area contributed by atoms with E-state index in [1.54, 1.807) is 48.7 Å². The van der Waals surface area contributed by atoms with Crippen LogP contribution in [0.3, 0.4) is 0 Å². The number of benzene rings is 1. The average Bonchev–Trinajstić information content (AvgIpc) is 3.14. The number of amides is 2. The minimum atomic E-state index is -0.255. The van der Waals surface area contributed by atoms with E-state index in [1.165, 1.54) is 6.08 Å². The van der Waals surface area contributed by atoms with Crippen molar-refractivity contribution >= 4 is 23.6 Å². The SMILES string of the molecule is CN1CCN(C(=O)c2ccc(NC(=O)C=Cc3ccco3)cc2)CC1. The van der Waals surface area contributed by atoms with E-state index in [9.17, 15) is 9.59 Å². The highest BCUT2D eigenvalue weighted by molar-refractivity contribution is 6.02. The topological polar surface area (TPSA) is 65.8 Å². The van der Waals surface area contributed by atoms with Crippen LogP contribution in [0, 0.1) is 0 Å². The monoisotopic (exact) mass is 339 g/mol. The molecule has 3 rings (SSSR count). The third-order valence-corrected chi connectivity index (χ3v) is 4.13. The van der Waals surface area contributed by atoms with Gasteiger partial charge in [0.1, 0.15) is 5.76 Å². The maximum Gasteiger partial charge on any atom is 0.253 e. The molecule has 0 spiro atoms. The lowest BCUT2D eigenvalue weighted by atomic mass is 10.1. The van der Waals surface area contributed by atoms with Gasteiger partial charge in [0.05, 0.1) is 6.26 Å². The summed E-state index contributed by atoms with van der Waals surface area (Å²) in [4.78, 5) is 28.4. The van der Waals surface area contributed by atoms with Gasteiger partial charge in [0.25, 0.3) is 5.91 Å². The summed E-state index contributed by atoms with van der Waals surface area (Å²) in [6, 6.07) is 10.5. The first kappa shape index (κ1) is 17.0.